The van der Waals surface area contributed by atoms with Crippen molar-refractivity contribution in [2.24, 2.45) is 0 Å². The van der Waals surface area contributed by atoms with E-state index in [-0.39, 0.29) is 5.91 Å². The average Bonchev–Trinajstić information content (AvgIpc) is 2.85. The number of amides is 1. The lowest BCUT2D eigenvalue weighted by atomic mass is 10.1. The molecule has 0 aliphatic carbocycles. The second kappa shape index (κ2) is 6.45. The molecule has 0 bridgehead atoms. The van der Waals surface area contributed by atoms with Crippen molar-refractivity contribution in [3.05, 3.63) is 59.2 Å². The molecule has 1 atom stereocenters. The fourth-order valence-electron chi connectivity index (χ4n) is 3.29. The van der Waals surface area contributed by atoms with Crippen molar-refractivity contribution < 1.29 is 4.79 Å². The minimum absolute atomic E-state index is 0.0790. The van der Waals surface area contributed by atoms with E-state index in [0.717, 1.165) is 24.2 Å². The van der Waals surface area contributed by atoms with Gasteiger partial charge in [0.1, 0.15) is 0 Å². The van der Waals surface area contributed by atoms with Crippen LogP contribution >= 0.6 is 0 Å². The summed E-state index contributed by atoms with van der Waals surface area (Å²) in [5.41, 5.74) is 5.92. The predicted octanol–water partition coefficient (Wildman–Crippen LogP) is 4.08. The van der Waals surface area contributed by atoms with Gasteiger partial charge in [-0.05, 0) is 56.0 Å². The molecule has 2 aromatic carbocycles. The van der Waals surface area contributed by atoms with Gasteiger partial charge < -0.3 is 10.2 Å². The molecule has 3 nitrogen and oxygen atoms in total. The number of nitrogens with zero attached hydrogens (tertiary/aromatic N) is 1. The molecule has 0 aromatic heterocycles. The molecule has 1 aliphatic heterocycles. The van der Waals surface area contributed by atoms with Crippen molar-refractivity contribution in [1.29, 1.82) is 0 Å². The topological polar surface area (TPSA) is 32.3 Å². The minimum Gasteiger partial charge on any atom is -0.368 e. The van der Waals surface area contributed by atoms with E-state index in [1.54, 1.807) is 0 Å². The first-order valence-corrected chi connectivity index (χ1v) is 8.27. The van der Waals surface area contributed by atoms with E-state index in [9.17, 15) is 4.79 Å². The highest BCUT2D eigenvalue weighted by Gasteiger charge is 2.25. The molecule has 1 N–H and O–H groups in total. The van der Waals surface area contributed by atoms with Crippen LogP contribution in [0.15, 0.2) is 42.5 Å². The lowest BCUT2D eigenvalue weighted by Gasteiger charge is -2.24. The van der Waals surface area contributed by atoms with Crippen LogP contribution in [0.3, 0.4) is 0 Å². The van der Waals surface area contributed by atoms with E-state index in [0.29, 0.717) is 12.5 Å². The number of benzene rings is 2. The Morgan fingerprint density at radius 1 is 1.17 bits per heavy atom. The SMILES string of the molecule is Cc1cccc(NC(=O)CCN2c3ccccc3CC2C)c1C. The van der Waals surface area contributed by atoms with Gasteiger partial charge in [-0.3, -0.25) is 4.79 Å². The molecular formula is C20H24N2O. The Bertz CT molecular complexity index is 723. The molecule has 0 spiro atoms. The van der Waals surface area contributed by atoms with Crippen molar-refractivity contribution in [1.82, 2.24) is 0 Å². The number of para-hydroxylation sites is 1. The highest BCUT2D eigenvalue weighted by Crippen LogP contribution is 2.31. The maximum atomic E-state index is 12.3. The number of aryl methyl sites for hydroxylation is 1. The van der Waals surface area contributed by atoms with Crippen molar-refractivity contribution in [3.8, 4) is 0 Å². The van der Waals surface area contributed by atoms with Crippen LogP contribution < -0.4 is 10.2 Å². The summed E-state index contributed by atoms with van der Waals surface area (Å²) in [6, 6.07) is 15.0. The van der Waals surface area contributed by atoms with Gasteiger partial charge >= 0.3 is 0 Å². The zero-order valence-electron chi connectivity index (χ0n) is 14.1. The lowest BCUT2D eigenvalue weighted by molar-refractivity contribution is -0.116. The largest absolute Gasteiger partial charge is 0.368 e. The Labute approximate surface area is 138 Å². The number of carbonyl (C=O) groups is 1. The van der Waals surface area contributed by atoms with Crippen LogP contribution in [-0.2, 0) is 11.2 Å². The molecule has 23 heavy (non-hydrogen) atoms. The summed E-state index contributed by atoms with van der Waals surface area (Å²) < 4.78 is 0. The lowest BCUT2D eigenvalue weighted by Crippen LogP contribution is -2.32. The number of anilines is 2. The summed E-state index contributed by atoms with van der Waals surface area (Å²) >= 11 is 0. The van der Waals surface area contributed by atoms with Gasteiger partial charge in [0.25, 0.3) is 0 Å². The number of nitrogens with one attached hydrogen (secondary N) is 1. The summed E-state index contributed by atoms with van der Waals surface area (Å²) in [6.45, 7) is 7.09. The molecule has 1 heterocycles. The van der Waals surface area contributed by atoms with Crippen molar-refractivity contribution in [2.45, 2.75) is 39.7 Å². The average molecular weight is 308 g/mol. The van der Waals surface area contributed by atoms with Crippen LogP contribution in [0.1, 0.15) is 30.0 Å². The molecule has 0 radical (unpaired) electrons. The zero-order valence-corrected chi connectivity index (χ0v) is 14.1. The van der Waals surface area contributed by atoms with Gasteiger partial charge in [-0.1, -0.05) is 30.3 Å². The molecule has 120 valence electrons. The molecule has 3 heteroatoms. The molecule has 0 saturated heterocycles. The number of hydrogen-bond donors (Lipinski definition) is 1. The first kappa shape index (κ1) is 15.6. The number of rotatable bonds is 4. The van der Waals surface area contributed by atoms with Crippen LogP contribution in [-0.4, -0.2) is 18.5 Å². The molecule has 2 aromatic rings. The molecule has 0 saturated carbocycles. The van der Waals surface area contributed by atoms with E-state index in [1.165, 1.54) is 16.8 Å². The number of hydrogen-bond acceptors (Lipinski definition) is 2. The van der Waals surface area contributed by atoms with E-state index in [4.69, 9.17) is 0 Å². The molecule has 1 amide bonds. The summed E-state index contributed by atoms with van der Waals surface area (Å²) in [5, 5.41) is 3.05. The van der Waals surface area contributed by atoms with Crippen LogP contribution in [0.4, 0.5) is 11.4 Å². The summed E-state index contributed by atoms with van der Waals surface area (Å²) in [6.07, 6.45) is 1.57. The van der Waals surface area contributed by atoms with E-state index in [1.807, 2.05) is 19.1 Å². The van der Waals surface area contributed by atoms with Crippen molar-refractivity contribution >= 4 is 17.3 Å². The van der Waals surface area contributed by atoms with Gasteiger partial charge in [0.15, 0.2) is 0 Å². The first-order chi connectivity index (χ1) is 11.1. The molecular weight excluding hydrogens is 284 g/mol. The van der Waals surface area contributed by atoms with Crippen LogP contribution in [0.25, 0.3) is 0 Å². The minimum atomic E-state index is 0.0790. The van der Waals surface area contributed by atoms with E-state index >= 15 is 0 Å². The molecule has 1 aliphatic rings. The van der Waals surface area contributed by atoms with Gasteiger partial charge in [-0.2, -0.15) is 0 Å². The predicted molar refractivity (Wildman–Crippen MR) is 96.1 cm³/mol. The second-order valence-corrected chi connectivity index (χ2v) is 6.42. The van der Waals surface area contributed by atoms with E-state index in [2.05, 4.69) is 54.4 Å². The highest BCUT2D eigenvalue weighted by atomic mass is 16.1. The number of fused-ring (bicyclic) bond motifs is 1. The number of carbonyl (C=O) groups excluding carboxylic acids is 1. The fourth-order valence-corrected chi connectivity index (χ4v) is 3.29. The Balaban J connectivity index is 1.62. The van der Waals surface area contributed by atoms with Gasteiger partial charge in [-0.15, -0.1) is 0 Å². The Morgan fingerprint density at radius 2 is 1.96 bits per heavy atom. The van der Waals surface area contributed by atoms with Gasteiger partial charge in [0.05, 0.1) is 0 Å². The maximum absolute atomic E-state index is 12.3. The summed E-state index contributed by atoms with van der Waals surface area (Å²) in [7, 11) is 0. The molecule has 1 unspecified atom stereocenters. The quantitative estimate of drug-likeness (QED) is 0.923. The van der Waals surface area contributed by atoms with Gasteiger partial charge in [0.2, 0.25) is 5.91 Å². The Morgan fingerprint density at radius 3 is 2.78 bits per heavy atom. The molecule has 0 fully saturated rings. The third-order valence-electron chi connectivity index (χ3n) is 4.81. The van der Waals surface area contributed by atoms with Gasteiger partial charge in [0, 0.05) is 30.4 Å². The van der Waals surface area contributed by atoms with Crippen molar-refractivity contribution in [3.63, 3.8) is 0 Å². The highest BCUT2D eigenvalue weighted by molar-refractivity contribution is 5.92. The fraction of sp³-hybridized carbons (Fsp3) is 0.350. The van der Waals surface area contributed by atoms with Gasteiger partial charge in [-0.25, -0.2) is 0 Å². The van der Waals surface area contributed by atoms with Crippen molar-refractivity contribution in [2.75, 3.05) is 16.8 Å². The monoisotopic (exact) mass is 308 g/mol. The molecule has 3 rings (SSSR count). The van der Waals surface area contributed by atoms with Crippen LogP contribution in [0.5, 0.6) is 0 Å². The Kier molecular flexibility index (Phi) is 4.37. The second-order valence-electron chi connectivity index (χ2n) is 6.42. The van der Waals surface area contributed by atoms with Crippen LogP contribution in [0.2, 0.25) is 0 Å². The summed E-state index contributed by atoms with van der Waals surface area (Å²) in [4.78, 5) is 14.7. The normalized spacial score (nSPS) is 16.3. The van der Waals surface area contributed by atoms with E-state index < -0.39 is 0 Å². The third-order valence-corrected chi connectivity index (χ3v) is 4.81. The first-order valence-electron chi connectivity index (χ1n) is 8.27. The van der Waals surface area contributed by atoms with Crippen LogP contribution in [0, 0.1) is 13.8 Å². The summed E-state index contributed by atoms with van der Waals surface area (Å²) in [5.74, 6) is 0.0790. The maximum Gasteiger partial charge on any atom is 0.226 e. The smallest absolute Gasteiger partial charge is 0.226 e. The standard InChI is InChI=1S/C20H24N2O/c1-14-7-6-9-18(16(14)3)21-20(23)11-12-22-15(2)13-17-8-4-5-10-19(17)22/h4-10,15H,11-13H2,1-3H3,(H,21,23). The zero-order chi connectivity index (χ0) is 16.4. The third kappa shape index (κ3) is 3.24. The Hall–Kier alpha value is -2.29.